The highest BCUT2D eigenvalue weighted by atomic mass is 16.5. The third-order valence-electron chi connectivity index (χ3n) is 3.74. The molecule has 0 aromatic rings. The van der Waals surface area contributed by atoms with E-state index in [4.69, 9.17) is 4.74 Å². The minimum absolute atomic E-state index is 0.201. The number of nitrogens with one attached hydrogen (secondary N) is 1. The normalized spacial score (nSPS) is 30.8. The molecule has 1 fully saturated rings. The lowest BCUT2D eigenvalue weighted by atomic mass is 9.61. The number of ether oxygens (including phenoxy) is 1. The number of rotatable bonds is 4. The topological polar surface area (TPSA) is 38.3 Å². The molecule has 1 aliphatic carbocycles. The van der Waals surface area contributed by atoms with Gasteiger partial charge in [0.05, 0.1) is 6.61 Å². The predicted octanol–water partition coefficient (Wildman–Crippen LogP) is 3.98. The summed E-state index contributed by atoms with van der Waals surface area (Å²) in [6, 6.07) is 0. The van der Waals surface area contributed by atoms with Crippen LogP contribution >= 0.6 is 0 Å². The van der Waals surface area contributed by atoms with Gasteiger partial charge in [0.15, 0.2) is 0 Å². The van der Waals surface area contributed by atoms with Crippen LogP contribution in [0.15, 0.2) is 0 Å². The van der Waals surface area contributed by atoms with Crippen LogP contribution in [-0.2, 0) is 4.74 Å². The Bertz CT molecular complexity index is 288. The average molecular weight is 255 g/mol. The fraction of sp³-hybridized carbons (Fsp3) is 0.933. The van der Waals surface area contributed by atoms with Gasteiger partial charge in [-0.05, 0) is 42.4 Å². The Kier molecular flexibility index (Phi) is 5.06. The minimum atomic E-state index is -0.269. The van der Waals surface area contributed by atoms with Crippen LogP contribution in [0.3, 0.4) is 0 Å². The molecule has 0 saturated heterocycles. The van der Waals surface area contributed by atoms with Gasteiger partial charge in [-0.1, -0.05) is 34.6 Å². The lowest BCUT2D eigenvalue weighted by molar-refractivity contribution is 0.0581. The van der Waals surface area contributed by atoms with Crippen molar-refractivity contribution in [2.24, 2.45) is 16.7 Å². The summed E-state index contributed by atoms with van der Waals surface area (Å²) in [4.78, 5) is 11.5. The van der Waals surface area contributed by atoms with E-state index in [0.29, 0.717) is 12.0 Å². The molecule has 0 radical (unpaired) electrons. The van der Waals surface area contributed by atoms with Gasteiger partial charge in [0.1, 0.15) is 0 Å². The van der Waals surface area contributed by atoms with E-state index in [1.54, 1.807) is 0 Å². The van der Waals surface area contributed by atoms with Crippen molar-refractivity contribution in [1.29, 1.82) is 0 Å². The highest BCUT2D eigenvalue weighted by Crippen LogP contribution is 2.48. The third kappa shape index (κ3) is 4.87. The molecular formula is C15H29NO2. The standard InChI is InChI=1S/C15H29NO2/c1-6-7-18-13(17)16-11-15(5)9-12(2)8-14(3,4)10-15/h12H,6-11H2,1-5H3,(H,16,17). The molecule has 0 aromatic carbocycles. The van der Waals surface area contributed by atoms with Gasteiger partial charge in [-0.3, -0.25) is 0 Å². The molecule has 106 valence electrons. The molecule has 0 spiro atoms. The van der Waals surface area contributed by atoms with Crippen LogP contribution in [0.5, 0.6) is 0 Å². The highest BCUT2D eigenvalue weighted by molar-refractivity contribution is 5.67. The summed E-state index contributed by atoms with van der Waals surface area (Å²) in [6.45, 7) is 12.5. The van der Waals surface area contributed by atoms with Gasteiger partial charge in [0.25, 0.3) is 0 Å². The van der Waals surface area contributed by atoms with Crippen molar-refractivity contribution in [2.45, 2.75) is 60.3 Å². The Balaban J connectivity index is 2.46. The SMILES string of the molecule is CCCOC(=O)NCC1(C)CC(C)CC(C)(C)C1. The van der Waals surface area contributed by atoms with Gasteiger partial charge in [-0.15, -0.1) is 0 Å². The monoisotopic (exact) mass is 255 g/mol. The molecule has 0 heterocycles. The lowest BCUT2D eigenvalue weighted by Crippen LogP contribution is -2.43. The Morgan fingerprint density at radius 1 is 1.33 bits per heavy atom. The fourth-order valence-corrected chi connectivity index (χ4v) is 3.82. The number of carbonyl (C=O) groups is 1. The molecule has 0 aliphatic heterocycles. The van der Waals surface area contributed by atoms with Gasteiger partial charge in [-0.25, -0.2) is 4.79 Å². The van der Waals surface area contributed by atoms with Crippen molar-refractivity contribution in [3.8, 4) is 0 Å². The second-order valence-corrected chi connectivity index (χ2v) is 7.15. The third-order valence-corrected chi connectivity index (χ3v) is 3.74. The van der Waals surface area contributed by atoms with Gasteiger partial charge in [0.2, 0.25) is 0 Å². The summed E-state index contributed by atoms with van der Waals surface area (Å²) in [5, 5.41) is 2.92. The summed E-state index contributed by atoms with van der Waals surface area (Å²) < 4.78 is 5.06. The smallest absolute Gasteiger partial charge is 0.407 e. The van der Waals surface area contributed by atoms with E-state index in [9.17, 15) is 4.79 Å². The summed E-state index contributed by atoms with van der Waals surface area (Å²) in [6.07, 6.45) is 4.23. The second kappa shape index (κ2) is 5.94. The molecule has 2 atom stereocenters. The van der Waals surface area contributed by atoms with Crippen LogP contribution in [0, 0.1) is 16.7 Å². The number of hydrogen-bond donors (Lipinski definition) is 1. The maximum Gasteiger partial charge on any atom is 0.407 e. The largest absolute Gasteiger partial charge is 0.450 e. The highest BCUT2D eigenvalue weighted by Gasteiger charge is 2.39. The molecule has 18 heavy (non-hydrogen) atoms. The minimum Gasteiger partial charge on any atom is -0.450 e. The summed E-state index contributed by atoms with van der Waals surface area (Å²) in [7, 11) is 0. The Labute approximate surface area is 112 Å². The second-order valence-electron chi connectivity index (χ2n) is 7.15. The number of carbonyl (C=O) groups excluding carboxylic acids is 1. The van der Waals surface area contributed by atoms with Crippen LogP contribution in [-0.4, -0.2) is 19.2 Å². The van der Waals surface area contributed by atoms with E-state index in [2.05, 4.69) is 33.0 Å². The number of hydrogen-bond acceptors (Lipinski definition) is 2. The van der Waals surface area contributed by atoms with Crippen LogP contribution in [0.1, 0.15) is 60.3 Å². The molecule has 3 heteroatoms. The summed E-state index contributed by atoms with van der Waals surface area (Å²) >= 11 is 0. The van der Waals surface area contributed by atoms with Gasteiger partial charge in [0, 0.05) is 6.54 Å². The first-order chi connectivity index (χ1) is 8.26. The quantitative estimate of drug-likeness (QED) is 0.825. The molecule has 0 bridgehead atoms. The fourth-order valence-electron chi connectivity index (χ4n) is 3.82. The van der Waals surface area contributed by atoms with Gasteiger partial charge >= 0.3 is 6.09 Å². The van der Waals surface area contributed by atoms with E-state index in [0.717, 1.165) is 18.9 Å². The van der Waals surface area contributed by atoms with E-state index in [1.165, 1.54) is 19.3 Å². The maximum absolute atomic E-state index is 11.5. The zero-order valence-electron chi connectivity index (χ0n) is 12.6. The van der Waals surface area contributed by atoms with Gasteiger partial charge in [-0.2, -0.15) is 0 Å². The van der Waals surface area contributed by atoms with E-state index in [-0.39, 0.29) is 11.5 Å². The van der Waals surface area contributed by atoms with Gasteiger partial charge < -0.3 is 10.1 Å². The van der Waals surface area contributed by atoms with Crippen molar-refractivity contribution in [2.75, 3.05) is 13.2 Å². The lowest BCUT2D eigenvalue weighted by Gasteiger charge is -2.45. The van der Waals surface area contributed by atoms with Crippen molar-refractivity contribution < 1.29 is 9.53 Å². The Morgan fingerprint density at radius 3 is 2.56 bits per heavy atom. The van der Waals surface area contributed by atoms with Crippen molar-refractivity contribution >= 4 is 6.09 Å². The van der Waals surface area contributed by atoms with E-state index >= 15 is 0 Å². The molecule has 0 aromatic heterocycles. The van der Waals surface area contributed by atoms with Crippen LogP contribution in [0.25, 0.3) is 0 Å². The Hall–Kier alpha value is -0.730. The number of alkyl carbamates (subject to hydrolysis) is 1. The van der Waals surface area contributed by atoms with Crippen molar-refractivity contribution in [3.05, 3.63) is 0 Å². The Morgan fingerprint density at radius 2 is 2.00 bits per heavy atom. The van der Waals surface area contributed by atoms with Crippen molar-refractivity contribution in [1.82, 2.24) is 5.32 Å². The van der Waals surface area contributed by atoms with Crippen LogP contribution in [0.2, 0.25) is 0 Å². The first-order valence-corrected chi connectivity index (χ1v) is 7.17. The molecule has 1 saturated carbocycles. The molecule has 1 amide bonds. The zero-order valence-corrected chi connectivity index (χ0v) is 12.6. The average Bonchev–Trinajstić information content (AvgIpc) is 2.20. The summed E-state index contributed by atoms with van der Waals surface area (Å²) in [5.74, 6) is 0.729. The molecule has 1 N–H and O–H groups in total. The summed E-state index contributed by atoms with van der Waals surface area (Å²) in [5.41, 5.74) is 0.577. The number of amides is 1. The molecular weight excluding hydrogens is 226 g/mol. The van der Waals surface area contributed by atoms with E-state index in [1.807, 2.05) is 6.92 Å². The first kappa shape index (κ1) is 15.3. The predicted molar refractivity (Wildman–Crippen MR) is 74.5 cm³/mol. The maximum atomic E-state index is 11.5. The van der Waals surface area contributed by atoms with E-state index < -0.39 is 0 Å². The molecule has 1 rings (SSSR count). The molecule has 2 unspecified atom stereocenters. The van der Waals surface area contributed by atoms with Crippen LogP contribution < -0.4 is 5.32 Å². The van der Waals surface area contributed by atoms with Crippen molar-refractivity contribution in [3.63, 3.8) is 0 Å². The zero-order chi connectivity index (χ0) is 13.8. The molecule has 1 aliphatic rings. The molecule has 3 nitrogen and oxygen atoms in total. The first-order valence-electron chi connectivity index (χ1n) is 7.17. The van der Waals surface area contributed by atoms with Crippen LogP contribution in [0.4, 0.5) is 4.79 Å².